The third kappa shape index (κ3) is 4.70. The van der Waals surface area contributed by atoms with Gasteiger partial charge in [0.15, 0.2) is 5.58 Å². The molecule has 0 amide bonds. The summed E-state index contributed by atoms with van der Waals surface area (Å²) in [5, 5.41) is 13.0. The lowest BCUT2D eigenvalue weighted by atomic mass is 9.84. The maximum Gasteiger partial charge on any atom is 0.327 e. The van der Waals surface area contributed by atoms with Crippen molar-refractivity contribution in [1.82, 2.24) is 4.98 Å². The Morgan fingerprint density at radius 3 is 1.92 bits per heavy atom. The van der Waals surface area contributed by atoms with E-state index in [9.17, 15) is 14.3 Å². The highest BCUT2D eigenvalue weighted by molar-refractivity contribution is 8.00. The van der Waals surface area contributed by atoms with Crippen LogP contribution < -0.4 is 5.32 Å². The van der Waals surface area contributed by atoms with Gasteiger partial charge in [0, 0.05) is 11.8 Å². The summed E-state index contributed by atoms with van der Waals surface area (Å²) < 4.78 is 18.5. The van der Waals surface area contributed by atoms with Crippen molar-refractivity contribution in [3.05, 3.63) is 132 Å². The molecule has 0 spiro atoms. The lowest BCUT2D eigenvalue weighted by molar-refractivity contribution is -0.137. The summed E-state index contributed by atoms with van der Waals surface area (Å²) in [7, 11) is 0. The first-order chi connectivity index (χ1) is 17.6. The van der Waals surface area contributed by atoms with Crippen LogP contribution in [0, 0.1) is 5.82 Å². The topological polar surface area (TPSA) is 75.4 Å². The Labute approximate surface area is 212 Å². The molecule has 7 heteroatoms. The Kier molecular flexibility index (Phi) is 6.73. The molecule has 0 aliphatic carbocycles. The number of aliphatic carboxylic acids is 1. The quantitative estimate of drug-likeness (QED) is 0.224. The van der Waals surface area contributed by atoms with Crippen molar-refractivity contribution < 1.29 is 18.7 Å². The molecule has 0 bridgehead atoms. The third-order valence-electron chi connectivity index (χ3n) is 5.95. The van der Waals surface area contributed by atoms with E-state index in [1.165, 1.54) is 30.0 Å². The number of thioether (sulfide) groups is 1. The fourth-order valence-corrected chi connectivity index (χ4v) is 5.81. The zero-order valence-corrected chi connectivity index (χ0v) is 20.0. The predicted octanol–water partition coefficient (Wildman–Crippen LogP) is 6.56. The van der Waals surface area contributed by atoms with Crippen molar-refractivity contribution in [3.8, 4) is 0 Å². The highest BCUT2D eigenvalue weighted by Gasteiger charge is 2.38. The summed E-state index contributed by atoms with van der Waals surface area (Å²) in [5.41, 5.74) is 3.81. The van der Waals surface area contributed by atoms with E-state index in [1.54, 1.807) is 0 Å². The van der Waals surface area contributed by atoms with Crippen molar-refractivity contribution in [2.45, 2.75) is 10.8 Å². The van der Waals surface area contributed by atoms with Crippen molar-refractivity contribution >= 4 is 34.8 Å². The number of oxazole rings is 1. The zero-order chi connectivity index (χ0) is 25.0. The number of carboxylic acids is 1. The van der Waals surface area contributed by atoms with Gasteiger partial charge in [-0.1, -0.05) is 91.0 Å². The molecule has 36 heavy (non-hydrogen) atoms. The predicted molar refractivity (Wildman–Crippen MR) is 141 cm³/mol. The molecule has 1 atom stereocenters. The number of carboxylic acid groups (broad SMARTS) is 1. The Morgan fingerprint density at radius 1 is 0.889 bits per heavy atom. The van der Waals surface area contributed by atoms with Crippen LogP contribution in [0.15, 0.2) is 114 Å². The number of hydrogen-bond donors (Lipinski definition) is 2. The van der Waals surface area contributed by atoms with E-state index >= 15 is 0 Å². The van der Waals surface area contributed by atoms with E-state index in [0.29, 0.717) is 5.52 Å². The first-order valence-electron chi connectivity index (χ1n) is 11.4. The minimum atomic E-state index is -1.04. The van der Waals surface area contributed by atoms with Crippen LogP contribution in [-0.4, -0.2) is 27.9 Å². The van der Waals surface area contributed by atoms with E-state index in [2.05, 4.69) is 46.7 Å². The van der Waals surface area contributed by atoms with Crippen LogP contribution in [0.3, 0.4) is 0 Å². The third-order valence-corrected chi connectivity index (χ3v) is 7.59. The smallest absolute Gasteiger partial charge is 0.327 e. The summed E-state index contributed by atoms with van der Waals surface area (Å²) in [6, 6.07) is 33.2. The molecular weight excluding hydrogens is 475 g/mol. The molecule has 2 N–H and O–H groups in total. The van der Waals surface area contributed by atoms with Gasteiger partial charge < -0.3 is 14.8 Å². The van der Waals surface area contributed by atoms with Gasteiger partial charge in [-0.2, -0.15) is 4.98 Å². The zero-order valence-electron chi connectivity index (χ0n) is 19.2. The van der Waals surface area contributed by atoms with Crippen molar-refractivity contribution in [3.63, 3.8) is 0 Å². The average Bonchev–Trinajstić information content (AvgIpc) is 3.31. The summed E-state index contributed by atoms with van der Waals surface area (Å²) >= 11 is 1.52. The number of benzene rings is 4. The Bertz CT molecular complexity index is 1360. The van der Waals surface area contributed by atoms with Gasteiger partial charge in [0.1, 0.15) is 17.4 Å². The molecule has 0 saturated carbocycles. The maximum absolute atomic E-state index is 13.6. The maximum atomic E-state index is 13.6. The molecule has 180 valence electrons. The Balaban J connectivity index is 1.53. The number of halogens is 1. The van der Waals surface area contributed by atoms with Gasteiger partial charge >= 0.3 is 5.97 Å². The van der Waals surface area contributed by atoms with E-state index in [0.717, 1.165) is 16.7 Å². The Morgan fingerprint density at radius 2 is 1.42 bits per heavy atom. The van der Waals surface area contributed by atoms with Crippen LogP contribution in [0.2, 0.25) is 0 Å². The van der Waals surface area contributed by atoms with Gasteiger partial charge in [0.2, 0.25) is 0 Å². The number of hydrogen-bond acceptors (Lipinski definition) is 5. The van der Waals surface area contributed by atoms with E-state index < -0.39 is 22.6 Å². The number of aromatic nitrogens is 1. The number of fused-ring (bicyclic) bond motifs is 1. The van der Waals surface area contributed by atoms with Gasteiger partial charge in [-0.25, -0.2) is 9.18 Å². The van der Waals surface area contributed by atoms with E-state index in [4.69, 9.17) is 4.42 Å². The standard InChI is InChI=1S/C29H23FN2O3S/c30-23-16-17-24-26(18-23)35-28(31-24)32-25(27(33)34)19-36-29(20-10-4-1-5-11-20,21-12-6-2-7-13-21)22-14-8-3-9-15-22/h1-18,25H,19H2,(H,31,32)(H,33,34). The molecule has 1 unspecified atom stereocenters. The summed E-state index contributed by atoms with van der Waals surface area (Å²) in [6.45, 7) is 0. The fourth-order valence-electron chi connectivity index (χ4n) is 4.26. The molecule has 1 heterocycles. The SMILES string of the molecule is O=C(O)C(CSC(c1ccccc1)(c1ccccc1)c1ccccc1)Nc1nc2ccc(F)cc2o1. The number of nitrogens with one attached hydrogen (secondary N) is 1. The fraction of sp³-hybridized carbons (Fsp3) is 0.103. The summed E-state index contributed by atoms with van der Waals surface area (Å²) in [6.07, 6.45) is 0. The molecule has 5 nitrogen and oxygen atoms in total. The lowest BCUT2D eigenvalue weighted by Crippen LogP contribution is -2.35. The number of nitrogens with zero attached hydrogens (tertiary/aromatic N) is 1. The van der Waals surface area contributed by atoms with E-state index in [-0.39, 0.29) is 17.4 Å². The van der Waals surface area contributed by atoms with Gasteiger partial charge in [-0.15, -0.1) is 11.8 Å². The Hall–Kier alpha value is -4.10. The molecule has 5 aromatic rings. The second-order valence-electron chi connectivity index (χ2n) is 8.26. The van der Waals surface area contributed by atoms with Crippen LogP contribution in [0.5, 0.6) is 0 Å². The summed E-state index contributed by atoms with van der Waals surface area (Å²) in [5.74, 6) is -1.30. The minimum absolute atomic E-state index is 0.0355. The van der Waals surface area contributed by atoms with Gasteiger partial charge in [-0.3, -0.25) is 0 Å². The largest absolute Gasteiger partial charge is 0.480 e. The van der Waals surface area contributed by atoms with Crippen LogP contribution >= 0.6 is 11.8 Å². The highest BCUT2D eigenvalue weighted by Crippen LogP contribution is 2.48. The van der Waals surface area contributed by atoms with Crippen molar-refractivity contribution in [2.75, 3.05) is 11.1 Å². The first-order valence-corrected chi connectivity index (χ1v) is 12.4. The molecule has 0 radical (unpaired) electrons. The average molecular weight is 499 g/mol. The molecule has 1 aromatic heterocycles. The minimum Gasteiger partial charge on any atom is -0.480 e. The normalized spacial score (nSPS) is 12.4. The van der Waals surface area contributed by atoms with Gasteiger partial charge in [-0.05, 0) is 28.8 Å². The second-order valence-corrected chi connectivity index (χ2v) is 9.49. The van der Waals surface area contributed by atoms with Gasteiger partial charge in [0.25, 0.3) is 6.01 Å². The number of anilines is 1. The van der Waals surface area contributed by atoms with E-state index in [1.807, 2.05) is 54.6 Å². The first kappa shape index (κ1) is 23.6. The van der Waals surface area contributed by atoms with Crippen molar-refractivity contribution in [2.24, 2.45) is 0 Å². The molecule has 5 rings (SSSR count). The summed E-state index contributed by atoms with van der Waals surface area (Å²) in [4.78, 5) is 16.6. The van der Waals surface area contributed by atoms with Crippen LogP contribution in [0.1, 0.15) is 16.7 Å². The van der Waals surface area contributed by atoms with Gasteiger partial charge in [0.05, 0.1) is 4.75 Å². The second kappa shape index (κ2) is 10.3. The molecule has 0 aliphatic rings. The number of carbonyl (C=O) groups is 1. The monoisotopic (exact) mass is 498 g/mol. The molecular formula is C29H23FN2O3S. The molecule has 0 saturated heterocycles. The van der Waals surface area contributed by atoms with Crippen molar-refractivity contribution in [1.29, 1.82) is 0 Å². The van der Waals surface area contributed by atoms with Crippen LogP contribution in [-0.2, 0) is 9.54 Å². The lowest BCUT2D eigenvalue weighted by Gasteiger charge is -2.36. The molecule has 4 aromatic carbocycles. The molecule has 0 aliphatic heterocycles. The molecule has 0 fully saturated rings. The van der Waals surface area contributed by atoms with Crippen LogP contribution in [0.4, 0.5) is 10.4 Å². The highest BCUT2D eigenvalue weighted by atomic mass is 32.2. The number of rotatable bonds is 9. The van der Waals surface area contributed by atoms with Crippen LogP contribution in [0.25, 0.3) is 11.1 Å².